The number of alkyl halides is 5. The van der Waals surface area contributed by atoms with Gasteiger partial charge in [0.2, 0.25) is 5.83 Å². The maximum Gasteiger partial charge on any atom is 0.448 e. The van der Waals surface area contributed by atoms with E-state index in [1.807, 2.05) is 0 Å². The molecule has 0 aliphatic rings. The second kappa shape index (κ2) is 7.00. The van der Waals surface area contributed by atoms with Crippen molar-refractivity contribution in [2.45, 2.75) is 12.6 Å². The second-order valence-electron chi connectivity index (χ2n) is 1.90. The van der Waals surface area contributed by atoms with Crippen LogP contribution in [-0.2, 0) is 0 Å². The Morgan fingerprint density at radius 3 is 1.38 bits per heavy atom. The smallest absolute Gasteiger partial charge is 0.202 e. The maximum atomic E-state index is 11.2. The van der Waals surface area contributed by atoms with Crippen molar-refractivity contribution in [3.05, 3.63) is 30.0 Å². The van der Waals surface area contributed by atoms with Crippen LogP contribution in [0.3, 0.4) is 0 Å². The van der Waals surface area contributed by atoms with E-state index in [-0.39, 0.29) is 0 Å². The van der Waals surface area contributed by atoms with E-state index in [0.29, 0.717) is 0 Å². The first kappa shape index (κ1) is 17.0. The van der Waals surface area contributed by atoms with Crippen LogP contribution in [0.25, 0.3) is 0 Å². The normalized spacial score (nSPS) is 10.1. The zero-order chi connectivity index (χ0) is 13.5. The molecule has 0 aromatic heterocycles. The monoisotopic (exact) mass is 258 g/mol. The predicted molar refractivity (Wildman–Crippen MR) is 36.2 cm³/mol. The molecule has 0 aliphatic heterocycles. The van der Waals surface area contributed by atoms with E-state index in [1.165, 1.54) is 5.73 Å². The first-order chi connectivity index (χ1) is 7.03. The molecule has 0 N–H and O–H groups in total. The van der Waals surface area contributed by atoms with Gasteiger partial charge in [-0.3, -0.25) is 0 Å². The van der Waals surface area contributed by atoms with Gasteiger partial charge in [0.1, 0.15) is 0 Å². The molecule has 0 unspecified atom stereocenters. The molecule has 0 aromatic carbocycles. The molecule has 0 atom stereocenters. The van der Waals surface area contributed by atoms with Crippen LogP contribution in [0.15, 0.2) is 30.0 Å². The molecule has 0 radical (unpaired) electrons. The van der Waals surface area contributed by atoms with Crippen LogP contribution in [0.1, 0.15) is 0 Å². The molecule has 0 bridgehead atoms. The SMILES string of the molecule is C=C=C(F)C(F)F.FC(F)=C(F)C(F)(F)F. The van der Waals surface area contributed by atoms with E-state index in [2.05, 4.69) is 6.58 Å². The van der Waals surface area contributed by atoms with E-state index < -0.39 is 30.3 Å². The number of allylic oxidation sites excluding steroid dienone is 2. The zero-order valence-electron chi connectivity index (χ0n) is 7.19. The third-order valence-corrected chi connectivity index (χ3v) is 0.775. The molecular weight excluding hydrogens is 255 g/mol. The minimum atomic E-state index is -5.56. The van der Waals surface area contributed by atoms with Crippen molar-refractivity contribution in [2.24, 2.45) is 0 Å². The fourth-order valence-corrected chi connectivity index (χ4v) is 0.184. The number of halogens is 9. The molecular formula is C7H3F9. The number of hydrogen-bond acceptors (Lipinski definition) is 0. The highest BCUT2D eigenvalue weighted by molar-refractivity contribution is 4.98. The summed E-state index contributed by atoms with van der Waals surface area (Å²) in [7, 11) is 0. The lowest BCUT2D eigenvalue weighted by molar-refractivity contribution is -0.113. The van der Waals surface area contributed by atoms with Gasteiger partial charge in [0.25, 0.3) is 12.3 Å². The summed E-state index contributed by atoms with van der Waals surface area (Å²) in [6.07, 6.45) is -12.0. The highest BCUT2D eigenvalue weighted by Crippen LogP contribution is 2.29. The highest BCUT2D eigenvalue weighted by atomic mass is 19.4. The summed E-state index contributed by atoms with van der Waals surface area (Å²) in [6, 6.07) is 0. The molecule has 0 amide bonds. The summed E-state index contributed by atoms with van der Waals surface area (Å²) in [6.45, 7) is 2.66. The molecule has 0 nitrogen and oxygen atoms in total. The fraction of sp³-hybridized carbons (Fsp3) is 0.286. The molecule has 9 heteroatoms. The van der Waals surface area contributed by atoms with E-state index in [1.54, 1.807) is 0 Å². The van der Waals surface area contributed by atoms with Crippen molar-refractivity contribution >= 4 is 0 Å². The van der Waals surface area contributed by atoms with Crippen molar-refractivity contribution in [1.29, 1.82) is 0 Å². The van der Waals surface area contributed by atoms with Crippen molar-refractivity contribution in [1.82, 2.24) is 0 Å². The van der Waals surface area contributed by atoms with Crippen LogP contribution in [0, 0.1) is 0 Å². The Morgan fingerprint density at radius 1 is 1.00 bits per heavy atom. The first-order valence-corrected chi connectivity index (χ1v) is 3.15. The van der Waals surface area contributed by atoms with Gasteiger partial charge in [-0.2, -0.15) is 30.7 Å². The standard InChI is InChI=1S/C4H3F3.C3F6/c1-2-3(5)4(6)7;4-1(2(5)6)3(7,8)9/h4H,1H2;. The van der Waals surface area contributed by atoms with Gasteiger partial charge in [0.15, 0.2) is 0 Å². The molecule has 16 heavy (non-hydrogen) atoms. The Labute approximate surface area is 83.4 Å². The Hall–Kier alpha value is -1.37. The maximum absolute atomic E-state index is 11.2. The summed E-state index contributed by atoms with van der Waals surface area (Å²) >= 11 is 0. The molecule has 0 saturated heterocycles. The second-order valence-corrected chi connectivity index (χ2v) is 1.90. The van der Waals surface area contributed by atoms with Gasteiger partial charge in [-0.05, 0) is 0 Å². The van der Waals surface area contributed by atoms with Gasteiger partial charge in [0.05, 0.1) is 0 Å². The lowest BCUT2D eigenvalue weighted by Gasteiger charge is -1.98. The first-order valence-electron chi connectivity index (χ1n) is 3.15. The van der Waals surface area contributed by atoms with Gasteiger partial charge in [-0.1, -0.05) is 12.3 Å². The molecule has 0 saturated carbocycles. The average molecular weight is 258 g/mol. The average Bonchev–Trinajstić information content (AvgIpc) is 2.14. The van der Waals surface area contributed by atoms with E-state index in [4.69, 9.17) is 0 Å². The van der Waals surface area contributed by atoms with Crippen molar-refractivity contribution in [2.75, 3.05) is 0 Å². The molecule has 0 aliphatic carbocycles. The van der Waals surface area contributed by atoms with Crippen LogP contribution in [0.2, 0.25) is 0 Å². The molecule has 0 aromatic rings. The zero-order valence-corrected chi connectivity index (χ0v) is 7.19. The van der Waals surface area contributed by atoms with Crippen LogP contribution >= 0.6 is 0 Å². The van der Waals surface area contributed by atoms with E-state index >= 15 is 0 Å². The Bertz CT molecular complexity index is 287. The summed E-state index contributed by atoms with van der Waals surface area (Å²) < 4.78 is 97.9. The largest absolute Gasteiger partial charge is 0.448 e. The molecule has 0 fully saturated rings. The molecule has 0 heterocycles. The summed E-state index contributed by atoms with van der Waals surface area (Å²) in [5, 5.41) is 0. The lowest BCUT2D eigenvalue weighted by Crippen LogP contribution is -2.08. The third kappa shape index (κ3) is 7.98. The summed E-state index contributed by atoms with van der Waals surface area (Å²) in [5.74, 6) is -4.93. The quantitative estimate of drug-likeness (QED) is 0.479. The fourth-order valence-electron chi connectivity index (χ4n) is 0.184. The molecule has 0 spiro atoms. The van der Waals surface area contributed by atoms with Gasteiger partial charge in [-0.15, -0.1) is 0 Å². The van der Waals surface area contributed by atoms with Crippen LogP contribution in [-0.4, -0.2) is 12.6 Å². The van der Waals surface area contributed by atoms with Crippen molar-refractivity contribution in [3.8, 4) is 0 Å². The molecule has 94 valence electrons. The van der Waals surface area contributed by atoms with Crippen LogP contribution in [0.4, 0.5) is 39.5 Å². The van der Waals surface area contributed by atoms with Crippen LogP contribution in [0.5, 0.6) is 0 Å². The Balaban J connectivity index is 0. The third-order valence-electron chi connectivity index (χ3n) is 0.775. The van der Waals surface area contributed by atoms with Crippen molar-refractivity contribution < 1.29 is 39.5 Å². The highest BCUT2D eigenvalue weighted by Gasteiger charge is 2.38. The summed E-state index contributed by atoms with van der Waals surface area (Å²) in [4.78, 5) is 0. The Kier molecular flexibility index (Phi) is 7.45. The van der Waals surface area contributed by atoms with Gasteiger partial charge >= 0.3 is 12.3 Å². The minimum absolute atomic E-state index is 1.41. The Morgan fingerprint density at radius 2 is 1.38 bits per heavy atom. The van der Waals surface area contributed by atoms with Crippen molar-refractivity contribution in [3.63, 3.8) is 0 Å². The van der Waals surface area contributed by atoms with E-state index in [0.717, 1.165) is 0 Å². The number of hydrogen-bond donors (Lipinski definition) is 0. The number of rotatable bonds is 1. The van der Waals surface area contributed by atoms with Gasteiger partial charge in [0, 0.05) is 0 Å². The topological polar surface area (TPSA) is 0 Å². The van der Waals surface area contributed by atoms with Crippen LogP contribution < -0.4 is 0 Å². The predicted octanol–water partition coefficient (Wildman–Crippen LogP) is 4.52. The lowest BCUT2D eigenvalue weighted by atomic mass is 10.6. The van der Waals surface area contributed by atoms with E-state index in [9.17, 15) is 39.5 Å². The summed E-state index contributed by atoms with van der Waals surface area (Å²) in [5.41, 5.74) is 1.41. The minimum Gasteiger partial charge on any atom is -0.202 e. The van der Waals surface area contributed by atoms with Gasteiger partial charge < -0.3 is 0 Å². The molecule has 0 rings (SSSR count). The van der Waals surface area contributed by atoms with Gasteiger partial charge in [-0.25, -0.2) is 8.78 Å².